The van der Waals surface area contributed by atoms with Crippen molar-refractivity contribution in [3.8, 4) is 0 Å². The number of nitrogens with one attached hydrogen (secondary N) is 1. The Hall–Kier alpha value is -0.860. The Morgan fingerprint density at radius 1 is 1.06 bits per heavy atom. The highest BCUT2D eigenvalue weighted by Crippen LogP contribution is 2.11. The van der Waals surface area contributed by atoms with Crippen molar-refractivity contribution in [1.29, 1.82) is 0 Å². The van der Waals surface area contributed by atoms with Gasteiger partial charge in [-0.05, 0) is 50.0 Å². The van der Waals surface area contributed by atoms with Crippen molar-refractivity contribution in [2.45, 2.75) is 45.7 Å². The number of nitrogens with zero attached hydrogens (tertiary/aromatic N) is 1. The van der Waals surface area contributed by atoms with E-state index in [0.29, 0.717) is 6.04 Å². The molecule has 0 amide bonds. The van der Waals surface area contributed by atoms with E-state index in [-0.39, 0.29) is 0 Å². The molecule has 100 valence electrons. The molecule has 2 rings (SSSR count). The molecule has 0 spiro atoms. The largest absolute Gasteiger partial charge is 0.310 e. The minimum Gasteiger partial charge on any atom is -0.310 e. The van der Waals surface area contributed by atoms with Gasteiger partial charge in [0.15, 0.2) is 0 Å². The van der Waals surface area contributed by atoms with Gasteiger partial charge in [-0.1, -0.05) is 38.1 Å². The summed E-state index contributed by atoms with van der Waals surface area (Å²) >= 11 is 0. The van der Waals surface area contributed by atoms with Crippen LogP contribution in [0, 0.1) is 0 Å². The SMILES string of the molecule is CCc1ccc(CNC2CCN(CC)CC2)cc1. The van der Waals surface area contributed by atoms with Crippen LogP contribution >= 0.6 is 0 Å². The number of likely N-dealkylation sites (tertiary alicyclic amines) is 1. The Balaban J connectivity index is 1.74. The molecule has 0 aromatic heterocycles. The predicted molar refractivity (Wildman–Crippen MR) is 77.8 cm³/mol. The molecule has 1 aliphatic heterocycles. The van der Waals surface area contributed by atoms with Gasteiger partial charge in [-0.2, -0.15) is 0 Å². The van der Waals surface area contributed by atoms with Crippen LogP contribution in [-0.4, -0.2) is 30.6 Å². The molecular formula is C16H26N2. The lowest BCUT2D eigenvalue weighted by Crippen LogP contribution is -2.42. The van der Waals surface area contributed by atoms with Crippen LogP contribution in [0.25, 0.3) is 0 Å². The standard InChI is InChI=1S/C16H26N2/c1-3-14-5-7-15(8-6-14)13-17-16-9-11-18(4-2)12-10-16/h5-8,16-17H,3-4,9-13H2,1-2H3. The number of hydrogen-bond donors (Lipinski definition) is 1. The maximum atomic E-state index is 3.69. The minimum atomic E-state index is 0.707. The molecule has 1 aromatic rings. The molecule has 0 radical (unpaired) electrons. The van der Waals surface area contributed by atoms with E-state index in [4.69, 9.17) is 0 Å². The first kappa shape index (κ1) is 13.6. The monoisotopic (exact) mass is 246 g/mol. The summed E-state index contributed by atoms with van der Waals surface area (Å²) in [6.07, 6.45) is 3.71. The number of piperidine rings is 1. The summed E-state index contributed by atoms with van der Waals surface area (Å²) in [7, 11) is 0. The van der Waals surface area contributed by atoms with Crippen LogP contribution in [0.5, 0.6) is 0 Å². The molecule has 1 heterocycles. The molecule has 0 saturated carbocycles. The van der Waals surface area contributed by atoms with Crippen molar-refractivity contribution in [3.63, 3.8) is 0 Å². The Morgan fingerprint density at radius 3 is 2.22 bits per heavy atom. The van der Waals surface area contributed by atoms with Gasteiger partial charge in [-0.25, -0.2) is 0 Å². The fraction of sp³-hybridized carbons (Fsp3) is 0.625. The highest BCUT2D eigenvalue weighted by molar-refractivity contribution is 5.22. The molecule has 2 heteroatoms. The fourth-order valence-corrected chi connectivity index (χ4v) is 2.61. The normalized spacial score (nSPS) is 18.1. The van der Waals surface area contributed by atoms with Crippen LogP contribution in [0.15, 0.2) is 24.3 Å². The van der Waals surface area contributed by atoms with Crippen LogP contribution in [0.1, 0.15) is 37.8 Å². The fourth-order valence-electron chi connectivity index (χ4n) is 2.61. The molecule has 18 heavy (non-hydrogen) atoms. The molecule has 1 fully saturated rings. The molecule has 1 aliphatic rings. The van der Waals surface area contributed by atoms with Gasteiger partial charge in [0.1, 0.15) is 0 Å². The molecule has 2 nitrogen and oxygen atoms in total. The number of hydrogen-bond acceptors (Lipinski definition) is 2. The van der Waals surface area contributed by atoms with Crippen LogP contribution in [0.2, 0.25) is 0 Å². The molecule has 1 N–H and O–H groups in total. The topological polar surface area (TPSA) is 15.3 Å². The summed E-state index contributed by atoms with van der Waals surface area (Å²) in [6.45, 7) is 9.18. The third-order valence-corrected chi connectivity index (χ3v) is 4.06. The summed E-state index contributed by atoms with van der Waals surface area (Å²) in [5, 5.41) is 3.69. The highest BCUT2D eigenvalue weighted by atomic mass is 15.1. The van der Waals surface area contributed by atoms with Gasteiger partial charge in [0.25, 0.3) is 0 Å². The van der Waals surface area contributed by atoms with E-state index < -0.39 is 0 Å². The van der Waals surface area contributed by atoms with Crippen molar-refractivity contribution in [2.24, 2.45) is 0 Å². The van der Waals surface area contributed by atoms with Crippen molar-refractivity contribution < 1.29 is 0 Å². The zero-order valence-electron chi connectivity index (χ0n) is 11.8. The van der Waals surface area contributed by atoms with Crippen molar-refractivity contribution in [3.05, 3.63) is 35.4 Å². The Kier molecular flexibility index (Phi) is 5.21. The zero-order valence-corrected chi connectivity index (χ0v) is 11.8. The lowest BCUT2D eigenvalue weighted by atomic mass is 10.0. The van der Waals surface area contributed by atoms with Crippen molar-refractivity contribution in [2.75, 3.05) is 19.6 Å². The van der Waals surface area contributed by atoms with Gasteiger partial charge in [0, 0.05) is 12.6 Å². The average molecular weight is 246 g/mol. The molecular weight excluding hydrogens is 220 g/mol. The molecule has 0 atom stereocenters. The number of benzene rings is 1. The van der Waals surface area contributed by atoms with E-state index in [2.05, 4.69) is 48.3 Å². The number of rotatable bonds is 5. The van der Waals surface area contributed by atoms with Crippen LogP contribution in [0.3, 0.4) is 0 Å². The van der Waals surface area contributed by atoms with Crippen LogP contribution < -0.4 is 5.32 Å². The van der Waals surface area contributed by atoms with Gasteiger partial charge in [0.05, 0.1) is 0 Å². The summed E-state index contributed by atoms with van der Waals surface area (Å²) in [5.41, 5.74) is 2.83. The van der Waals surface area contributed by atoms with E-state index >= 15 is 0 Å². The number of aryl methyl sites for hydroxylation is 1. The van der Waals surface area contributed by atoms with Gasteiger partial charge in [-0.15, -0.1) is 0 Å². The second-order valence-corrected chi connectivity index (χ2v) is 5.26. The third kappa shape index (κ3) is 3.82. The lowest BCUT2D eigenvalue weighted by molar-refractivity contribution is 0.206. The first-order valence-corrected chi connectivity index (χ1v) is 7.35. The van der Waals surface area contributed by atoms with E-state index in [0.717, 1.165) is 13.0 Å². The molecule has 0 bridgehead atoms. The molecule has 1 saturated heterocycles. The maximum Gasteiger partial charge on any atom is 0.0208 e. The van der Waals surface area contributed by atoms with E-state index in [9.17, 15) is 0 Å². The van der Waals surface area contributed by atoms with Gasteiger partial charge >= 0.3 is 0 Å². The van der Waals surface area contributed by atoms with E-state index in [1.807, 2.05) is 0 Å². The van der Waals surface area contributed by atoms with Crippen LogP contribution in [-0.2, 0) is 13.0 Å². The minimum absolute atomic E-state index is 0.707. The van der Waals surface area contributed by atoms with Crippen molar-refractivity contribution in [1.82, 2.24) is 10.2 Å². The second kappa shape index (κ2) is 6.91. The lowest BCUT2D eigenvalue weighted by Gasteiger charge is -2.31. The smallest absolute Gasteiger partial charge is 0.0208 e. The Labute approximate surface area is 111 Å². The Bertz CT molecular complexity index is 337. The first-order chi connectivity index (χ1) is 8.81. The van der Waals surface area contributed by atoms with Gasteiger partial charge < -0.3 is 10.2 Å². The summed E-state index contributed by atoms with van der Waals surface area (Å²) < 4.78 is 0. The van der Waals surface area contributed by atoms with Crippen molar-refractivity contribution >= 4 is 0 Å². The first-order valence-electron chi connectivity index (χ1n) is 7.35. The third-order valence-electron chi connectivity index (χ3n) is 4.06. The highest BCUT2D eigenvalue weighted by Gasteiger charge is 2.16. The summed E-state index contributed by atoms with van der Waals surface area (Å²) in [4.78, 5) is 2.54. The maximum absolute atomic E-state index is 3.69. The Morgan fingerprint density at radius 2 is 1.67 bits per heavy atom. The van der Waals surface area contributed by atoms with E-state index in [1.165, 1.54) is 43.6 Å². The second-order valence-electron chi connectivity index (χ2n) is 5.26. The quantitative estimate of drug-likeness (QED) is 0.859. The predicted octanol–water partition coefficient (Wildman–Crippen LogP) is 2.82. The average Bonchev–Trinajstić information content (AvgIpc) is 2.46. The molecule has 0 unspecified atom stereocenters. The van der Waals surface area contributed by atoms with Gasteiger partial charge in [0.2, 0.25) is 0 Å². The molecule has 1 aromatic carbocycles. The van der Waals surface area contributed by atoms with E-state index in [1.54, 1.807) is 0 Å². The van der Waals surface area contributed by atoms with Crippen LogP contribution in [0.4, 0.5) is 0 Å². The molecule has 0 aliphatic carbocycles. The summed E-state index contributed by atoms with van der Waals surface area (Å²) in [5.74, 6) is 0. The van der Waals surface area contributed by atoms with Gasteiger partial charge in [-0.3, -0.25) is 0 Å². The zero-order chi connectivity index (χ0) is 12.8. The summed E-state index contributed by atoms with van der Waals surface area (Å²) in [6, 6.07) is 9.71.